The van der Waals surface area contributed by atoms with Crippen LogP contribution in [-0.4, -0.2) is 43.5 Å². The molecule has 0 bridgehead atoms. The maximum absolute atomic E-state index is 12.4. The lowest BCUT2D eigenvalue weighted by Gasteiger charge is -2.18. The smallest absolute Gasteiger partial charge is 0.243 e. The lowest BCUT2D eigenvalue weighted by atomic mass is 10.0. The second-order valence-corrected chi connectivity index (χ2v) is 7.26. The third kappa shape index (κ3) is 6.79. The van der Waals surface area contributed by atoms with E-state index in [0.717, 1.165) is 5.56 Å². The van der Waals surface area contributed by atoms with E-state index >= 15 is 0 Å². The fourth-order valence-corrected chi connectivity index (χ4v) is 3.19. The number of ether oxygens (including phenoxy) is 2. The second kappa shape index (κ2) is 11.2. The SMILES string of the molecule is CCOc1ccc(NC(=O)CN(C)C(=O)CCc2ccc(C)cc2C)cc1OCC. The molecule has 0 unspecified atom stereocenters. The molecule has 2 amide bonds. The number of hydrogen-bond donors (Lipinski definition) is 1. The number of hydrogen-bond acceptors (Lipinski definition) is 4. The van der Waals surface area contributed by atoms with E-state index in [0.29, 0.717) is 43.2 Å². The van der Waals surface area contributed by atoms with Gasteiger partial charge in [-0.2, -0.15) is 0 Å². The summed E-state index contributed by atoms with van der Waals surface area (Å²) >= 11 is 0. The van der Waals surface area contributed by atoms with Crippen LogP contribution in [0.5, 0.6) is 11.5 Å². The van der Waals surface area contributed by atoms with E-state index in [1.165, 1.54) is 16.0 Å². The van der Waals surface area contributed by atoms with Crippen LogP contribution in [-0.2, 0) is 16.0 Å². The minimum Gasteiger partial charge on any atom is -0.490 e. The molecule has 30 heavy (non-hydrogen) atoms. The number of nitrogens with zero attached hydrogens (tertiary/aromatic N) is 1. The summed E-state index contributed by atoms with van der Waals surface area (Å²) < 4.78 is 11.1. The van der Waals surface area contributed by atoms with Crippen molar-refractivity contribution in [2.24, 2.45) is 0 Å². The highest BCUT2D eigenvalue weighted by atomic mass is 16.5. The molecule has 1 N–H and O–H groups in total. The van der Waals surface area contributed by atoms with E-state index in [2.05, 4.69) is 37.4 Å². The predicted octanol–water partition coefficient (Wildman–Crippen LogP) is 4.13. The van der Waals surface area contributed by atoms with Crippen LogP contribution in [0.2, 0.25) is 0 Å². The molecular weight excluding hydrogens is 380 g/mol. The van der Waals surface area contributed by atoms with Crippen LogP contribution in [0.4, 0.5) is 5.69 Å². The number of carbonyl (C=O) groups excluding carboxylic acids is 2. The highest BCUT2D eigenvalue weighted by molar-refractivity contribution is 5.94. The monoisotopic (exact) mass is 412 g/mol. The number of nitrogens with one attached hydrogen (secondary N) is 1. The van der Waals surface area contributed by atoms with Crippen molar-refractivity contribution in [2.45, 2.75) is 40.5 Å². The summed E-state index contributed by atoms with van der Waals surface area (Å²) in [6, 6.07) is 11.5. The Morgan fingerprint density at radius 1 is 0.967 bits per heavy atom. The Labute approximate surface area is 179 Å². The molecule has 6 nitrogen and oxygen atoms in total. The lowest BCUT2D eigenvalue weighted by Crippen LogP contribution is -2.35. The molecule has 0 heterocycles. The predicted molar refractivity (Wildman–Crippen MR) is 119 cm³/mol. The number of likely N-dealkylation sites (N-methyl/N-ethyl adjacent to an activating group) is 1. The van der Waals surface area contributed by atoms with Crippen LogP contribution >= 0.6 is 0 Å². The average molecular weight is 413 g/mol. The summed E-state index contributed by atoms with van der Waals surface area (Å²) in [7, 11) is 1.65. The first-order valence-corrected chi connectivity index (χ1v) is 10.3. The molecule has 0 spiro atoms. The molecule has 6 heteroatoms. The van der Waals surface area contributed by atoms with E-state index in [1.54, 1.807) is 25.2 Å². The standard InChI is InChI=1S/C24H32N2O4/c1-6-29-21-12-11-20(15-22(21)30-7-2)25-23(27)16-26(5)24(28)13-10-19-9-8-17(3)14-18(19)4/h8-9,11-12,14-15H,6-7,10,13,16H2,1-5H3,(H,25,27). The number of anilines is 1. The zero-order valence-corrected chi connectivity index (χ0v) is 18.6. The fourth-order valence-electron chi connectivity index (χ4n) is 3.19. The van der Waals surface area contributed by atoms with Crippen molar-refractivity contribution < 1.29 is 19.1 Å². The summed E-state index contributed by atoms with van der Waals surface area (Å²) in [5, 5.41) is 2.82. The van der Waals surface area contributed by atoms with Gasteiger partial charge < -0.3 is 19.7 Å². The van der Waals surface area contributed by atoms with Gasteiger partial charge in [-0.05, 0) is 57.4 Å². The molecule has 0 aliphatic rings. The van der Waals surface area contributed by atoms with Crippen LogP contribution in [0.3, 0.4) is 0 Å². The fraction of sp³-hybridized carbons (Fsp3) is 0.417. The van der Waals surface area contributed by atoms with Crippen molar-refractivity contribution in [1.29, 1.82) is 0 Å². The number of rotatable bonds is 10. The molecule has 0 saturated carbocycles. The van der Waals surface area contributed by atoms with Crippen LogP contribution in [0.1, 0.15) is 37.0 Å². The third-order valence-corrected chi connectivity index (χ3v) is 4.74. The zero-order valence-electron chi connectivity index (χ0n) is 18.6. The number of amides is 2. The normalized spacial score (nSPS) is 10.4. The van der Waals surface area contributed by atoms with Crippen LogP contribution in [0.25, 0.3) is 0 Å². The van der Waals surface area contributed by atoms with Gasteiger partial charge in [0, 0.05) is 25.2 Å². The molecule has 0 aromatic heterocycles. The maximum atomic E-state index is 12.4. The van der Waals surface area contributed by atoms with E-state index in [-0.39, 0.29) is 18.4 Å². The largest absolute Gasteiger partial charge is 0.490 e. The zero-order chi connectivity index (χ0) is 22.1. The lowest BCUT2D eigenvalue weighted by molar-refractivity contribution is -0.133. The summed E-state index contributed by atoms with van der Waals surface area (Å²) in [6.45, 7) is 8.91. The van der Waals surface area contributed by atoms with Gasteiger partial charge in [0.1, 0.15) is 0 Å². The van der Waals surface area contributed by atoms with Gasteiger partial charge >= 0.3 is 0 Å². The first kappa shape index (κ1) is 23.3. The van der Waals surface area contributed by atoms with Gasteiger partial charge in [0.25, 0.3) is 0 Å². The van der Waals surface area contributed by atoms with E-state index in [4.69, 9.17) is 9.47 Å². The average Bonchev–Trinajstić information content (AvgIpc) is 2.69. The first-order chi connectivity index (χ1) is 14.3. The Balaban J connectivity index is 1.90. The maximum Gasteiger partial charge on any atom is 0.243 e. The minimum absolute atomic E-state index is 0.0110. The second-order valence-electron chi connectivity index (χ2n) is 7.26. The molecule has 162 valence electrons. The molecule has 2 aromatic rings. The van der Waals surface area contributed by atoms with Crippen molar-refractivity contribution in [1.82, 2.24) is 4.90 Å². The quantitative estimate of drug-likeness (QED) is 0.637. The van der Waals surface area contributed by atoms with Gasteiger partial charge in [-0.1, -0.05) is 23.8 Å². The molecule has 2 aromatic carbocycles. The highest BCUT2D eigenvalue weighted by Crippen LogP contribution is 2.30. The van der Waals surface area contributed by atoms with E-state index in [9.17, 15) is 9.59 Å². The van der Waals surface area contributed by atoms with E-state index < -0.39 is 0 Å². The molecule has 0 atom stereocenters. The van der Waals surface area contributed by atoms with Crippen LogP contribution < -0.4 is 14.8 Å². The summed E-state index contributed by atoms with van der Waals surface area (Å²) in [4.78, 5) is 26.3. The van der Waals surface area contributed by atoms with Crippen molar-refractivity contribution in [3.8, 4) is 11.5 Å². The molecule has 0 fully saturated rings. The minimum atomic E-state index is -0.260. The van der Waals surface area contributed by atoms with Gasteiger partial charge in [0.05, 0.1) is 19.8 Å². The Bertz CT molecular complexity index is 880. The van der Waals surface area contributed by atoms with Gasteiger partial charge in [0.2, 0.25) is 11.8 Å². The number of aryl methyl sites for hydroxylation is 3. The van der Waals surface area contributed by atoms with Gasteiger partial charge in [-0.3, -0.25) is 9.59 Å². The van der Waals surface area contributed by atoms with Crippen molar-refractivity contribution >= 4 is 17.5 Å². The number of carbonyl (C=O) groups is 2. The summed E-state index contributed by atoms with van der Waals surface area (Å²) in [5.74, 6) is 0.891. The van der Waals surface area contributed by atoms with E-state index in [1.807, 2.05) is 13.8 Å². The van der Waals surface area contributed by atoms with Gasteiger partial charge in [0.15, 0.2) is 11.5 Å². The topological polar surface area (TPSA) is 67.9 Å². The van der Waals surface area contributed by atoms with Crippen LogP contribution in [0, 0.1) is 13.8 Å². The molecule has 0 aliphatic carbocycles. The summed E-state index contributed by atoms with van der Waals surface area (Å²) in [5.41, 5.74) is 4.15. The van der Waals surface area contributed by atoms with Crippen molar-refractivity contribution in [3.63, 3.8) is 0 Å². The third-order valence-electron chi connectivity index (χ3n) is 4.74. The molecule has 0 radical (unpaired) electrons. The van der Waals surface area contributed by atoms with Crippen LogP contribution in [0.15, 0.2) is 36.4 Å². The Morgan fingerprint density at radius 2 is 1.67 bits per heavy atom. The highest BCUT2D eigenvalue weighted by Gasteiger charge is 2.15. The Morgan fingerprint density at radius 3 is 2.33 bits per heavy atom. The molecular formula is C24H32N2O4. The van der Waals surface area contributed by atoms with Crippen molar-refractivity contribution in [3.05, 3.63) is 53.1 Å². The molecule has 0 saturated heterocycles. The van der Waals surface area contributed by atoms with Crippen molar-refractivity contribution in [2.75, 3.05) is 32.1 Å². The first-order valence-electron chi connectivity index (χ1n) is 10.3. The number of benzene rings is 2. The van der Waals surface area contributed by atoms with Gasteiger partial charge in [-0.15, -0.1) is 0 Å². The Kier molecular flexibility index (Phi) is 8.71. The van der Waals surface area contributed by atoms with Gasteiger partial charge in [-0.25, -0.2) is 0 Å². The molecule has 2 rings (SSSR count). The summed E-state index contributed by atoms with van der Waals surface area (Å²) in [6.07, 6.45) is 1.03. The molecule has 0 aliphatic heterocycles. The Hall–Kier alpha value is -3.02.